The van der Waals surface area contributed by atoms with Crippen LogP contribution in [-0.4, -0.2) is 54.3 Å². The fraction of sp³-hybridized carbons (Fsp3) is 0.923. The molecule has 0 spiro atoms. The molecule has 0 aromatic heterocycles. The number of hydrogen-bond acceptors (Lipinski definition) is 3. The summed E-state index contributed by atoms with van der Waals surface area (Å²) in [5, 5.41) is 8.69. The topological polar surface area (TPSA) is 77.9 Å². The van der Waals surface area contributed by atoms with Crippen LogP contribution in [0.15, 0.2) is 0 Å². The third kappa shape index (κ3) is 3.71. The van der Waals surface area contributed by atoms with E-state index in [1.165, 1.54) is 4.31 Å². The van der Waals surface area contributed by atoms with Crippen LogP contribution in [0.5, 0.6) is 0 Å². The summed E-state index contributed by atoms with van der Waals surface area (Å²) in [4.78, 5) is 10.6. The predicted molar refractivity (Wildman–Crippen MR) is 75.4 cm³/mol. The first-order chi connectivity index (χ1) is 9.39. The maximum Gasteiger partial charge on any atom is 0.303 e. The fourth-order valence-corrected chi connectivity index (χ4v) is 4.95. The molecule has 2 fully saturated rings. The van der Waals surface area contributed by atoms with Crippen LogP contribution in [0.2, 0.25) is 0 Å². The first kappa shape index (κ1) is 15.7. The van der Waals surface area contributed by atoms with Gasteiger partial charge in [0.15, 0.2) is 0 Å². The Morgan fingerprint density at radius 3 is 2.55 bits per heavy atom. The van der Waals surface area contributed by atoms with E-state index < -0.39 is 16.2 Å². The standard InChI is InChI=1S/C13H24N2O4S/c1-11-3-2-7-14(9-11)20(18,19)15-8-6-12(10-15)4-5-13(16)17/h11-12H,2-10H2,1H3,(H,16,17). The van der Waals surface area contributed by atoms with Gasteiger partial charge in [0.1, 0.15) is 0 Å². The maximum absolute atomic E-state index is 12.6. The van der Waals surface area contributed by atoms with Crippen molar-refractivity contribution in [1.29, 1.82) is 0 Å². The Labute approximate surface area is 120 Å². The van der Waals surface area contributed by atoms with E-state index in [9.17, 15) is 13.2 Å². The summed E-state index contributed by atoms with van der Waals surface area (Å²) in [5.74, 6) is -0.205. The Morgan fingerprint density at radius 1 is 1.20 bits per heavy atom. The lowest BCUT2D eigenvalue weighted by Crippen LogP contribution is -2.46. The number of rotatable bonds is 5. The van der Waals surface area contributed by atoms with Crippen molar-refractivity contribution >= 4 is 16.2 Å². The van der Waals surface area contributed by atoms with E-state index >= 15 is 0 Å². The first-order valence-electron chi connectivity index (χ1n) is 7.36. The first-order valence-corrected chi connectivity index (χ1v) is 8.76. The SMILES string of the molecule is CC1CCCN(S(=O)(=O)N2CCC(CCC(=O)O)C2)C1. The molecule has 2 unspecified atom stereocenters. The molecule has 0 amide bonds. The quantitative estimate of drug-likeness (QED) is 0.826. The summed E-state index contributed by atoms with van der Waals surface area (Å²) in [5.41, 5.74) is 0. The second-order valence-electron chi connectivity index (χ2n) is 6.06. The number of piperidine rings is 1. The molecular weight excluding hydrogens is 280 g/mol. The minimum absolute atomic E-state index is 0.124. The zero-order valence-electron chi connectivity index (χ0n) is 12.0. The molecule has 2 saturated heterocycles. The van der Waals surface area contributed by atoms with Gasteiger partial charge in [0.25, 0.3) is 10.2 Å². The van der Waals surface area contributed by atoms with E-state index in [2.05, 4.69) is 6.92 Å². The van der Waals surface area contributed by atoms with Crippen LogP contribution in [0.25, 0.3) is 0 Å². The lowest BCUT2D eigenvalue weighted by Gasteiger charge is -2.33. The van der Waals surface area contributed by atoms with Crippen molar-refractivity contribution < 1.29 is 18.3 Å². The summed E-state index contributed by atoms with van der Waals surface area (Å²) >= 11 is 0. The van der Waals surface area contributed by atoms with Crippen molar-refractivity contribution in [3.05, 3.63) is 0 Å². The van der Waals surface area contributed by atoms with Gasteiger partial charge in [0.05, 0.1) is 0 Å². The van der Waals surface area contributed by atoms with Gasteiger partial charge in [-0.2, -0.15) is 17.0 Å². The fourth-order valence-electron chi connectivity index (χ4n) is 3.09. The second-order valence-corrected chi connectivity index (χ2v) is 7.99. The highest BCUT2D eigenvalue weighted by atomic mass is 32.2. The lowest BCUT2D eigenvalue weighted by atomic mass is 10.0. The normalized spacial score (nSPS) is 29.6. The predicted octanol–water partition coefficient (Wildman–Crippen LogP) is 1.15. The third-order valence-electron chi connectivity index (χ3n) is 4.29. The van der Waals surface area contributed by atoms with E-state index in [4.69, 9.17) is 5.11 Å². The van der Waals surface area contributed by atoms with Gasteiger partial charge < -0.3 is 5.11 Å². The second kappa shape index (κ2) is 6.41. The Bertz CT molecular complexity index is 451. The Morgan fingerprint density at radius 2 is 1.90 bits per heavy atom. The van der Waals surface area contributed by atoms with Crippen LogP contribution < -0.4 is 0 Å². The monoisotopic (exact) mass is 304 g/mol. The molecule has 7 heteroatoms. The smallest absolute Gasteiger partial charge is 0.303 e. The van der Waals surface area contributed by atoms with Gasteiger partial charge in [-0.25, -0.2) is 0 Å². The van der Waals surface area contributed by atoms with Crippen LogP contribution in [0.3, 0.4) is 0 Å². The number of aliphatic carboxylic acids is 1. The van der Waals surface area contributed by atoms with Gasteiger partial charge in [-0.05, 0) is 37.5 Å². The molecule has 2 atom stereocenters. The highest BCUT2D eigenvalue weighted by Gasteiger charge is 2.36. The largest absolute Gasteiger partial charge is 0.481 e. The zero-order chi connectivity index (χ0) is 14.8. The molecule has 2 rings (SSSR count). The van der Waals surface area contributed by atoms with Gasteiger partial charge in [0.2, 0.25) is 0 Å². The average Bonchev–Trinajstić information content (AvgIpc) is 2.86. The number of nitrogens with zero attached hydrogens (tertiary/aromatic N) is 2. The third-order valence-corrected chi connectivity index (χ3v) is 6.26. The Balaban J connectivity index is 1.92. The van der Waals surface area contributed by atoms with Crippen molar-refractivity contribution in [3.8, 4) is 0 Å². The molecule has 116 valence electrons. The molecule has 0 aromatic rings. The lowest BCUT2D eigenvalue weighted by molar-refractivity contribution is -0.137. The molecule has 0 radical (unpaired) electrons. The van der Waals surface area contributed by atoms with Crippen molar-refractivity contribution in [2.24, 2.45) is 11.8 Å². The zero-order valence-corrected chi connectivity index (χ0v) is 12.8. The minimum Gasteiger partial charge on any atom is -0.481 e. The van der Waals surface area contributed by atoms with Gasteiger partial charge in [-0.1, -0.05) is 6.92 Å². The Kier molecular flexibility index (Phi) is 5.04. The number of carboxylic acids is 1. The van der Waals surface area contributed by atoms with E-state index in [0.717, 1.165) is 19.3 Å². The van der Waals surface area contributed by atoms with E-state index in [0.29, 0.717) is 38.5 Å². The average molecular weight is 304 g/mol. The number of carbonyl (C=O) groups is 1. The summed E-state index contributed by atoms with van der Waals surface area (Å²) in [6.45, 7) is 4.31. The summed E-state index contributed by atoms with van der Waals surface area (Å²) in [7, 11) is -3.35. The molecule has 20 heavy (non-hydrogen) atoms. The molecule has 0 aromatic carbocycles. The Hall–Kier alpha value is -0.660. The number of hydrogen-bond donors (Lipinski definition) is 1. The molecular formula is C13H24N2O4S. The summed E-state index contributed by atoms with van der Waals surface area (Å²) < 4.78 is 28.2. The van der Waals surface area contributed by atoms with Crippen molar-refractivity contribution in [1.82, 2.24) is 8.61 Å². The number of carboxylic acid groups (broad SMARTS) is 1. The minimum atomic E-state index is -3.35. The van der Waals surface area contributed by atoms with Gasteiger partial charge in [-0.15, -0.1) is 0 Å². The molecule has 1 N–H and O–H groups in total. The van der Waals surface area contributed by atoms with Crippen LogP contribution in [0.4, 0.5) is 0 Å². The molecule has 0 saturated carbocycles. The molecule has 6 nitrogen and oxygen atoms in total. The van der Waals surface area contributed by atoms with Gasteiger partial charge >= 0.3 is 5.97 Å². The molecule has 2 heterocycles. The van der Waals surface area contributed by atoms with Gasteiger partial charge in [-0.3, -0.25) is 4.79 Å². The van der Waals surface area contributed by atoms with E-state index in [1.54, 1.807) is 4.31 Å². The van der Waals surface area contributed by atoms with Crippen LogP contribution in [0.1, 0.15) is 39.0 Å². The highest BCUT2D eigenvalue weighted by Crippen LogP contribution is 2.27. The van der Waals surface area contributed by atoms with Crippen molar-refractivity contribution in [2.45, 2.75) is 39.0 Å². The maximum atomic E-state index is 12.6. The highest BCUT2D eigenvalue weighted by molar-refractivity contribution is 7.86. The van der Waals surface area contributed by atoms with E-state index in [-0.39, 0.29) is 12.3 Å². The van der Waals surface area contributed by atoms with Crippen LogP contribution in [0, 0.1) is 11.8 Å². The van der Waals surface area contributed by atoms with Crippen LogP contribution >= 0.6 is 0 Å². The van der Waals surface area contributed by atoms with Crippen molar-refractivity contribution in [2.75, 3.05) is 26.2 Å². The molecule has 2 aliphatic rings. The summed E-state index contributed by atoms with van der Waals surface area (Å²) in [6.07, 6.45) is 3.48. The van der Waals surface area contributed by atoms with E-state index in [1.807, 2.05) is 0 Å². The molecule has 0 bridgehead atoms. The van der Waals surface area contributed by atoms with Crippen LogP contribution in [-0.2, 0) is 15.0 Å². The molecule has 2 aliphatic heterocycles. The van der Waals surface area contributed by atoms with Gasteiger partial charge in [0, 0.05) is 32.6 Å². The van der Waals surface area contributed by atoms with Crippen molar-refractivity contribution in [3.63, 3.8) is 0 Å². The molecule has 0 aliphatic carbocycles. The summed E-state index contributed by atoms with van der Waals surface area (Å²) in [6, 6.07) is 0.